The number of methoxy groups -OCH3 is 2. The second-order valence-corrected chi connectivity index (χ2v) is 5.82. The zero-order valence-corrected chi connectivity index (χ0v) is 14.7. The van der Waals surface area contributed by atoms with E-state index in [9.17, 15) is 5.26 Å². The molecule has 0 fully saturated rings. The van der Waals surface area contributed by atoms with Gasteiger partial charge in [0.1, 0.15) is 11.5 Å². The van der Waals surface area contributed by atoms with Gasteiger partial charge in [-0.15, -0.1) is 0 Å². The second-order valence-electron chi connectivity index (χ2n) is 4.97. The Morgan fingerprint density at radius 1 is 1.12 bits per heavy atom. The summed E-state index contributed by atoms with van der Waals surface area (Å²) in [4.78, 5) is 0. The lowest BCUT2D eigenvalue weighted by Gasteiger charge is -2.10. The molecule has 0 N–H and O–H groups in total. The predicted molar refractivity (Wildman–Crippen MR) is 93.3 cm³/mol. The van der Waals surface area contributed by atoms with E-state index in [1.165, 1.54) is 0 Å². The topological polar surface area (TPSA) is 60.7 Å². The van der Waals surface area contributed by atoms with Crippen LogP contribution in [-0.2, 0) is 0 Å². The van der Waals surface area contributed by atoms with E-state index in [-0.39, 0.29) is 6.79 Å². The van der Waals surface area contributed by atoms with Gasteiger partial charge >= 0.3 is 0 Å². The van der Waals surface area contributed by atoms with Crippen LogP contribution < -0.4 is 18.9 Å². The van der Waals surface area contributed by atoms with Crippen LogP contribution in [0.4, 0.5) is 0 Å². The smallest absolute Gasteiger partial charge is 0.231 e. The van der Waals surface area contributed by atoms with Crippen LogP contribution in [0.1, 0.15) is 11.1 Å². The first kappa shape index (κ1) is 16.2. The average molecular weight is 388 g/mol. The molecule has 0 spiro atoms. The van der Waals surface area contributed by atoms with Crippen molar-refractivity contribution in [3.05, 3.63) is 45.9 Å². The lowest BCUT2D eigenvalue weighted by molar-refractivity contribution is 0.174. The highest BCUT2D eigenvalue weighted by Gasteiger charge is 2.15. The van der Waals surface area contributed by atoms with E-state index in [0.717, 1.165) is 15.6 Å². The summed E-state index contributed by atoms with van der Waals surface area (Å²) < 4.78 is 22.1. The van der Waals surface area contributed by atoms with Gasteiger partial charge in [0, 0.05) is 11.6 Å². The SMILES string of the molecule is COc1cc(OC)c(/C=C(\C#N)c2ccc3c(c2)OCO3)cc1Br. The molecular formula is C18H14BrNO4. The number of allylic oxidation sites excluding steroid dienone is 1. The number of fused-ring (bicyclic) bond motifs is 1. The summed E-state index contributed by atoms with van der Waals surface area (Å²) in [5, 5.41) is 9.56. The average Bonchev–Trinajstić information content (AvgIpc) is 3.07. The first-order valence-corrected chi connectivity index (χ1v) is 7.89. The molecule has 1 aliphatic rings. The Bertz CT molecular complexity index is 855. The molecule has 0 atom stereocenters. The molecule has 0 saturated heterocycles. The summed E-state index contributed by atoms with van der Waals surface area (Å²) in [6, 6.07) is 11.3. The summed E-state index contributed by atoms with van der Waals surface area (Å²) in [6.07, 6.45) is 1.76. The van der Waals surface area contributed by atoms with Gasteiger partial charge in [0.05, 0.1) is 30.3 Å². The highest BCUT2D eigenvalue weighted by Crippen LogP contribution is 2.37. The van der Waals surface area contributed by atoms with Gasteiger partial charge in [0.15, 0.2) is 11.5 Å². The number of ether oxygens (including phenoxy) is 4. The van der Waals surface area contributed by atoms with Crippen LogP contribution >= 0.6 is 15.9 Å². The number of rotatable bonds is 4. The van der Waals surface area contributed by atoms with Gasteiger partial charge in [-0.25, -0.2) is 0 Å². The molecule has 0 bridgehead atoms. The van der Waals surface area contributed by atoms with E-state index in [4.69, 9.17) is 18.9 Å². The zero-order valence-electron chi connectivity index (χ0n) is 13.1. The van der Waals surface area contributed by atoms with Crippen molar-refractivity contribution >= 4 is 27.6 Å². The maximum Gasteiger partial charge on any atom is 0.231 e. The maximum absolute atomic E-state index is 9.56. The van der Waals surface area contributed by atoms with Crippen LogP contribution in [0.5, 0.6) is 23.0 Å². The zero-order chi connectivity index (χ0) is 17.1. The van der Waals surface area contributed by atoms with Crippen molar-refractivity contribution in [1.82, 2.24) is 0 Å². The first-order chi connectivity index (χ1) is 11.7. The monoisotopic (exact) mass is 387 g/mol. The third-order valence-corrected chi connectivity index (χ3v) is 4.23. The van der Waals surface area contributed by atoms with Gasteiger partial charge in [-0.3, -0.25) is 0 Å². The van der Waals surface area contributed by atoms with Crippen molar-refractivity contribution in [3.8, 4) is 29.1 Å². The third kappa shape index (κ3) is 3.03. The summed E-state index contributed by atoms with van der Waals surface area (Å²) in [5.41, 5.74) is 2.00. The van der Waals surface area contributed by atoms with Gasteiger partial charge in [-0.05, 0) is 51.8 Å². The van der Waals surface area contributed by atoms with Crippen LogP contribution in [0.25, 0.3) is 11.6 Å². The Morgan fingerprint density at radius 3 is 2.58 bits per heavy atom. The molecule has 2 aromatic rings. The molecule has 1 aliphatic heterocycles. The number of benzene rings is 2. The van der Waals surface area contributed by atoms with E-state index >= 15 is 0 Å². The molecule has 0 unspecified atom stereocenters. The fraction of sp³-hybridized carbons (Fsp3) is 0.167. The maximum atomic E-state index is 9.56. The lowest BCUT2D eigenvalue weighted by Crippen LogP contribution is -1.93. The summed E-state index contributed by atoms with van der Waals surface area (Å²) >= 11 is 3.45. The summed E-state index contributed by atoms with van der Waals surface area (Å²) in [6.45, 7) is 0.198. The summed E-state index contributed by atoms with van der Waals surface area (Å²) in [7, 11) is 3.16. The molecule has 0 amide bonds. The molecule has 1 heterocycles. The van der Waals surface area contributed by atoms with E-state index in [2.05, 4.69) is 22.0 Å². The van der Waals surface area contributed by atoms with E-state index in [1.807, 2.05) is 12.1 Å². The minimum absolute atomic E-state index is 0.198. The van der Waals surface area contributed by atoms with Crippen molar-refractivity contribution in [3.63, 3.8) is 0 Å². The highest BCUT2D eigenvalue weighted by atomic mass is 79.9. The number of hydrogen-bond acceptors (Lipinski definition) is 5. The quantitative estimate of drug-likeness (QED) is 0.579. The van der Waals surface area contributed by atoms with Gasteiger partial charge in [-0.2, -0.15) is 5.26 Å². The Hall–Kier alpha value is -2.65. The van der Waals surface area contributed by atoms with Gasteiger partial charge in [0.25, 0.3) is 0 Å². The summed E-state index contributed by atoms with van der Waals surface area (Å²) in [5.74, 6) is 2.59. The Morgan fingerprint density at radius 2 is 1.88 bits per heavy atom. The van der Waals surface area contributed by atoms with Crippen molar-refractivity contribution in [1.29, 1.82) is 5.26 Å². The Balaban J connectivity index is 2.05. The van der Waals surface area contributed by atoms with Crippen molar-refractivity contribution in [2.45, 2.75) is 0 Å². The molecule has 6 heteroatoms. The highest BCUT2D eigenvalue weighted by molar-refractivity contribution is 9.10. The fourth-order valence-corrected chi connectivity index (χ4v) is 2.92. The van der Waals surface area contributed by atoms with E-state index < -0.39 is 0 Å². The van der Waals surface area contributed by atoms with Crippen LogP contribution in [0, 0.1) is 11.3 Å². The molecule has 0 saturated carbocycles. The van der Waals surface area contributed by atoms with Gasteiger partial charge in [0.2, 0.25) is 6.79 Å². The normalized spacial score (nSPS) is 12.7. The van der Waals surface area contributed by atoms with Crippen LogP contribution in [0.2, 0.25) is 0 Å². The number of nitriles is 1. The van der Waals surface area contributed by atoms with E-state index in [1.54, 1.807) is 38.5 Å². The fourth-order valence-electron chi connectivity index (χ4n) is 2.40. The van der Waals surface area contributed by atoms with Crippen LogP contribution in [-0.4, -0.2) is 21.0 Å². The van der Waals surface area contributed by atoms with Gasteiger partial charge < -0.3 is 18.9 Å². The molecular weight excluding hydrogens is 374 g/mol. The lowest BCUT2D eigenvalue weighted by atomic mass is 10.0. The van der Waals surface area contributed by atoms with Gasteiger partial charge in [-0.1, -0.05) is 0 Å². The molecule has 3 rings (SSSR count). The van der Waals surface area contributed by atoms with Crippen LogP contribution in [0.15, 0.2) is 34.8 Å². The molecule has 0 radical (unpaired) electrons. The molecule has 0 aromatic heterocycles. The number of hydrogen-bond donors (Lipinski definition) is 0. The van der Waals surface area contributed by atoms with Crippen molar-refractivity contribution in [2.75, 3.05) is 21.0 Å². The molecule has 122 valence electrons. The molecule has 0 aliphatic carbocycles. The number of nitrogens with zero attached hydrogens (tertiary/aromatic N) is 1. The third-order valence-electron chi connectivity index (χ3n) is 3.61. The molecule has 2 aromatic carbocycles. The first-order valence-electron chi connectivity index (χ1n) is 7.09. The van der Waals surface area contributed by atoms with Crippen molar-refractivity contribution in [2.24, 2.45) is 0 Å². The minimum atomic E-state index is 0.198. The standard InChI is InChI=1S/C18H14BrNO4/c1-21-16-8-17(22-2)14(19)6-12(16)5-13(9-20)11-3-4-15-18(7-11)24-10-23-15/h3-8H,10H2,1-2H3/b13-5+. The Kier molecular flexibility index (Phi) is 4.63. The molecule has 24 heavy (non-hydrogen) atoms. The van der Waals surface area contributed by atoms with E-state index in [0.29, 0.717) is 28.6 Å². The van der Waals surface area contributed by atoms with Crippen LogP contribution in [0.3, 0.4) is 0 Å². The van der Waals surface area contributed by atoms with Crippen molar-refractivity contribution < 1.29 is 18.9 Å². The largest absolute Gasteiger partial charge is 0.496 e. The number of halogens is 1. The Labute approximate surface area is 148 Å². The molecule has 5 nitrogen and oxygen atoms in total. The predicted octanol–water partition coefficient (Wildman–Crippen LogP) is 4.26. The second kappa shape index (κ2) is 6.85. The minimum Gasteiger partial charge on any atom is -0.496 e.